The lowest BCUT2D eigenvalue weighted by Crippen LogP contribution is -2.62. The minimum Gasteiger partial charge on any atom is -0.463 e. The van der Waals surface area contributed by atoms with Gasteiger partial charge in [-0.1, -0.05) is 20.8 Å². The predicted molar refractivity (Wildman–Crippen MR) is 143 cm³/mol. The van der Waals surface area contributed by atoms with Crippen LogP contribution in [0.5, 0.6) is 0 Å². The number of hydrogen-bond donors (Lipinski definition) is 2. The number of rotatable bonds is 4. The molecule has 1 aliphatic heterocycles. The highest BCUT2D eigenvalue weighted by Crippen LogP contribution is 2.69. The summed E-state index contributed by atoms with van der Waals surface area (Å²) in [6.07, 6.45) is 10.5. The Morgan fingerprint density at radius 1 is 0.892 bits per heavy atom. The second-order valence-corrected chi connectivity index (χ2v) is 14.4. The number of esters is 2. The van der Waals surface area contributed by atoms with E-state index in [2.05, 4.69) is 26.1 Å². The van der Waals surface area contributed by atoms with Crippen LogP contribution in [0.3, 0.4) is 0 Å². The standard InChI is InChI=1S/C31H51NO5/c1-18-7-10-27(32-17-18)31(6,35)28-26(37-20(3)34)16-25-23-9-8-21-15-22(36-19(2)33)11-13-29(21,4)24(23)12-14-30(25,28)5/h18,21-28,32,35H,7-17H2,1-6H3/t18-,21+,22+,23-,24+,25+,26+,27-,28+,29+,30+,31+/m1/s1. The van der Waals surface area contributed by atoms with E-state index < -0.39 is 5.60 Å². The zero-order valence-electron chi connectivity index (χ0n) is 24.1. The van der Waals surface area contributed by atoms with Crippen LogP contribution in [-0.4, -0.2) is 47.4 Å². The molecular weight excluding hydrogens is 466 g/mol. The van der Waals surface area contributed by atoms with Gasteiger partial charge in [-0.15, -0.1) is 0 Å². The van der Waals surface area contributed by atoms with Gasteiger partial charge in [0.05, 0.1) is 5.60 Å². The second kappa shape index (κ2) is 9.80. The third-order valence-electron chi connectivity index (χ3n) is 12.3. The summed E-state index contributed by atoms with van der Waals surface area (Å²) in [5.41, 5.74) is -0.701. The Balaban J connectivity index is 1.41. The molecule has 0 spiro atoms. The highest BCUT2D eigenvalue weighted by molar-refractivity contribution is 5.66. The first-order valence-corrected chi connectivity index (χ1v) is 15.2. The van der Waals surface area contributed by atoms with Crippen LogP contribution < -0.4 is 5.32 Å². The summed E-state index contributed by atoms with van der Waals surface area (Å²) in [6.45, 7) is 13.2. The molecule has 0 aromatic rings. The van der Waals surface area contributed by atoms with Gasteiger partial charge in [-0.05, 0) is 118 Å². The Morgan fingerprint density at radius 3 is 2.24 bits per heavy atom. The predicted octanol–water partition coefficient (Wildman–Crippen LogP) is 5.26. The second-order valence-electron chi connectivity index (χ2n) is 14.4. The zero-order chi connectivity index (χ0) is 26.8. The molecule has 5 fully saturated rings. The SMILES string of the molecule is CC(=O)O[C@H]1CC[C@@]2(C)[C@@H](CC[C@@H]3[C@@H]2CC[C@]2(C)[C@@H]([C@@](C)(O)[C@H]4CC[C@@H](C)CN4)[C@@H](OC(C)=O)C[C@@H]32)C1. The minimum atomic E-state index is -0.931. The molecule has 5 rings (SSSR count). The lowest BCUT2D eigenvalue weighted by atomic mass is 9.44. The summed E-state index contributed by atoms with van der Waals surface area (Å²) in [6, 6.07) is 0.0323. The molecule has 5 aliphatic rings. The van der Waals surface area contributed by atoms with Crippen LogP contribution in [0.1, 0.15) is 106 Å². The molecule has 4 aliphatic carbocycles. The number of ether oxygens (including phenoxy) is 2. The van der Waals surface area contributed by atoms with Crippen LogP contribution in [0, 0.1) is 46.3 Å². The van der Waals surface area contributed by atoms with Gasteiger partial charge in [0.25, 0.3) is 0 Å². The molecule has 0 aromatic heterocycles. The van der Waals surface area contributed by atoms with Crippen LogP contribution >= 0.6 is 0 Å². The van der Waals surface area contributed by atoms with Gasteiger partial charge in [0, 0.05) is 25.8 Å². The molecule has 6 nitrogen and oxygen atoms in total. The lowest BCUT2D eigenvalue weighted by molar-refractivity contribution is -0.174. The summed E-state index contributed by atoms with van der Waals surface area (Å²) >= 11 is 0. The summed E-state index contributed by atoms with van der Waals surface area (Å²) in [5, 5.41) is 15.9. The van der Waals surface area contributed by atoms with Gasteiger partial charge in [-0.2, -0.15) is 0 Å². The van der Waals surface area contributed by atoms with Gasteiger partial charge in [-0.25, -0.2) is 0 Å². The fourth-order valence-corrected chi connectivity index (χ4v) is 10.6. The lowest BCUT2D eigenvalue weighted by Gasteiger charge is -2.61. The number of fused-ring (bicyclic) bond motifs is 5. The molecule has 210 valence electrons. The molecule has 0 unspecified atom stereocenters. The Morgan fingerprint density at radius 2 is 1.59 bits per heavy atom. The van der Waals surface area contributed by atoms with Crippen LogP contribution in [0.15, 0.2) is 0 Å². The van der Waals surface area contributed by atoms with E-state index in [0.29, 0.717) is 29.6 Å². The first-order chi connectivity index (χ1) is 17.4. The first-order valence-electron chi connectivity index (χ1n) is 15.2. The summed E-state index contributed by atoms with van der Waals surface area (Å²) in [5.74, 6) is 2.50. The zero-order valence-corrected chi connectivity index (χ0v) is 24.1. The number of aliphatic hydroxyl groups is 1. The van der Waals surface area contributed by atoms with E-state index in [-0.39, 0.29) is 46.9 Å². The van der Waals surface area contributed by atoms with E-state index in [1.54, 1.807) is 0 Å². The highest BCUT2D eigenvalue weighted by atomic mass is 16.5. The van der Waals surface area contributed by atoms with Crippen molar-refractivity contribution in [3.05, 3.63) is 0 Å². The van der Waals surface area contributed by atoms with Crippen molar-refractivity contribution >= 4 is 11.9 Å². The molecule has 4 saturated carbocycles. The van der Waals surface area contributed by atoms with Crippen molar-refractivity contribution in [1.82, 2.24) is 5.32 Å². The van der Waals surface area contributed by atoms with Crippen molar-refractivity contribution in [2.45, 2.75) is 130 Å². The molecular formula is C31H51NO5. The van der Waals surface area contributed by atoms with Gasteiger partial charge in [-0.3, -0.25) is 9.59 Å². The fourth-order valence-electron chi connectivity index (χ4n) is 10.6. The van der Waals surface area contributed by atoms with Crippen molar-refractivity contribution in [3.63, 3.8) is 0 Å². The van der Waals surface area contributed by atoms with E-state index in [1.165, 1.54) is 33.1 Å². The van der Waals surface area contributed by atoms with E-state index >= 15 is 0 Å². The van der Waals surface area contributed by atoms with Crippen molar-refractivity contribution in [2.24, 2.45) is 46.3 Å². The van der Waals surface area contributed by atoms with Crippen molar-refractivity contribution in [3.8, 4) is 0 Å². The maximum atomic E-state index is 12.3. The molecule has 0 amide bonds. The summed E-state index contributed by atoms with van der Waals surface area (Å²) < 4.78 is 11.7. The van der Waals surface area contributed by atoms with Gasteiger partial charge in [0.1, 0.15) is 12.2 Å². The van der Waals surface area contributed by atoms with E-state index in [4.69, 9.17) is 9.47 Å². The molecule has 37 heavy (non-hydrogen) atoms. The number of nitrogens with one attached hydrogen (secondary N) is 1. The molecule has 0 bridgehead atoms. The van der Waals surface area contributed by atoms with E-state index in [1.807, 2.05) is 6.92 Å². The van der Waals surface area contributed by atoms with Gasteiger partial charge in [0.2, 0.25) is 0 Å². The molecule has 2 N–H and O–H groups in total. The van der Waals surface area contributed by atoms with Crippen LogP contribution in [0.25, 0.3) is 0 Å². The smallest absolute Gasteiger partial charge is 0.302 e. The first kappa shape index (κ1) is 27.4. The number of piperidine rings is 1. The quantitative estimate of drug-likeness (QED) is 0.495. The van der Waals surface area contributed by atoms with Crippen LogP contribution in [0.2, 0.25) is 0 Å². The third kappa shape index (κ3) is 4.66. The monoisotopic (exact) mass is 517 g/mol. The molecule has 0 radical (unpaired) electrons. The number of hydrogen-bond acceptors (Lipinski definition) is 6. The summed E-state index contributed by atoms with van der Waals surface area (Å²) in [7, 11) is 0. The molecule has 6 heteroatoms. The van der Waals surface area contributed by atoms with Crippen molar-refractivity contribution < 1.29 is 24.2 Å². The largest absolute Gasteiger partial charge is 0.463 e. The number of carbonyl (C=O) groups is 2. The Kier molecular flexibility index (Phi) is 7.26. The normalized spacial score (nSPS) is 49.1. The Labute approximate surface area is 224 Å². The van der Waals surface area contributed by atoms with E-state index in [0.717, 1.165) is 51.5 Å². The maximum Gasteiger partial charge on any atom is 0.302 e. The Bertz CT molecular complexity index is 881. The third-order valence-corrected chi connectivity index (χ3v) is 12.3. The molecule has 1 heterocycles. The molecule has 0 aromatic carbocycles. The summed E-state index contributed by atoms with van der Waals surface area (Å²) in [4.78, 5) is 23.9. The van der Waals surface area contributed by atoms with E-state index in [9.17, 15) is 14.7 Å². The molecule has 12 atom stereocenters. The highest BCUT2D eigenvalue weighted by Gasteiger charge is 2.67. The maximum absolute atomic E-state index is 12.3. The van der Waals surface area contributed by atoms with Gasteiger partial charge in [0.15, 0.2) is 0 Å². The topological polar surface area (TPSA) is 84.9 Å². The molecule has 1 saturated heterocycles. The van der Waals surface area contributed by atoms with Crippen LogP contribution in [0.4, 0.5) is 0 Å². The van der Waals surface area contributed by atoms with Gasteiger partial charge < -0.3 is 19.9 Å². The van der Waals surface area contributed by atoms with Gasteiger partial charge >= 0.3 is 11.9 Å². The average molecular weight is 518 g/mol. The minimum absolute atomic E-state index is 0.0323. The number of carbonyl (C=O) groups excluding carboxylic acids is 2. The van der Waals surface area contributed by atoms with Crippen molar-refractivity contribution in [2.75, 3.05) is 6.54 Å². The van der Waals surface area contributed by atoms with Crippen LogP contribution in [-0.2, 0) is 19.1 Å². The van der Waals surface area contributed by atoms with Crippen molar-refractivity contribution in [1.29, 1.82) is 0 Å². The fraction of sp³-hybridized carbons (Fsp3) is 0.935. The Hall–Kier alpha value is -1.14. The average Bonchev–Trinajstić information content (AvgIpc) is 3.11.